The van der Waals surface area contributed by atoms with Crippen molar-refractivity contribution >= 4 is 12.0 Å². The Kier molecular flexibility index (Phi) is 8.93. The van der Waals surface area contributed by atoms with Gasteiger partial charge >= 0.3 is 0 Å². The molecule has 1 heterocycles. The number of fused-ring (bicyclic) bond motifs is 5. The van der Waals surface area contributed by atoms with Crippen molar-refractivity contribution in [1.29, 1.82) is 0 Å². The fraction of sp³-hybridized carbons (Fsp3) is 0.757. The van der Waals surface area contributed by atoms with Crippen molar-refractivity contribution < 1.29 is 15.0 Å². The van der Waals surface area contributed by atoms with Crippen molar-refractivity contribution in [3.05, 3.63) is 42.0 Å². The summed E-state index contributed by atoms with van der Waals surface area (Å²) < 4.78 is 0. The second kappa shape index (κ2) is 12.4. The first-order valence-corrected chi connectivity index (χ1v) is 17.3. The van der Waals surface area contributed by atoms with Crippen LogP contribution in [0.15, 0.2) is 36.4 Å². The Balaban J connectivity index is 0.995. The topological polar surface area (TPSA) is 64.0 Å². The van der Waals surface area contributed by atoms with Gasteiger partial charge in [0.15, 0.2) is 0 Å². The maximum atomic E-state index is 13.3. The van der Waals surface area contributed by atoms with Crippen LogP contribution in [-0.4, -0.2) is 70.9 Å². The highest BCUT2D eigenvalue weighted by molar-refractivity contribution is 5.76. The third-order valence-corrected chi connectivity index (χ3v) is 13.4. The summed E-state index contributed by atoms with van der Waals surface area (Å²) in [5.74, 6) is 3.61. The maximum Gasteiger partial charge on any atom is 0.222 e. The largest absolute Gasteiger partial charge is 0.393 e. The minimum Gasteiger partial charge on any atom is -0.393 e. The van der Waals surface area contributed by atoms with E-state index in [4.69, 9.17) is 0 Å². The highest BCUT2D eigenvalue weighted by atomic mass is 16.3. The number of hydrogen-bond acceptors (Lipinski definition) is 4. The van der Waals surface area contributed by atoms with E-state index >= 15 is 0 Å². The van der Waals surface area contributed by atoms with Gasteiger partial charge in [-0.1, -0.05) is 63.3 Å². The van der Waals surface area contributed by atoms with Crippen LogP contribution in [0.2, 0.25) is 0 Å². The van der Waals surface area contributed by atoms with Crippen LogP contribution in [-0.2, 0) is 4.79 Å². The summed E-state index contributed by atoms with van der Waals surface area (Å²) >= 11 is 0. The molecule has 1 aromatic carbocycles. The molecule has 5 fully saturated rings. The first-order chi connectivity index (χ1) is 20.2. The molecule has 0 unspecified atom stereocenters. The van der Waals surface area contributed by atoms with Crippen molar-refractivity contribution in [2.75, 3.05) is 32.7 Å². The summed E-state index contributed by atoms with van der Waals surface area (Å²) in [4.78, 5) is 17.8. The van der Waals surface area contributed by atoms with Gasteiger partial charge in [0.2, 0.25) is 5.91 Å². The van der Waals surface area contributed by atoms with Crippen LogP contribution < -0.4 is 0 Å². The van der Waals surface area contributed by atoms with Crippen LogP contribution >= 0.6 is 0 Å². The number of aliphatic hydroxyl groups is 2. The zero-order valence-electron chi connectivity index (χ0n) is 26.5. The molecule has 0 radical (unpaired) electrons. The highest BCUT2D eigenvalue weighted by Crippen LogP contribution is 2.68. The van der Waals surface area contributed by atoms with E-state index in [2.05, 4.69) is 67.0 Å². The van der Waals surface area contributed by atoms with Gasteiger partial charge in [0.1, 0.15) is 0 Å². The summed E-state index contributed by atoms with van der Waals surface area (Å²) in [6, 6.07) is 10.4. The Bertz CT molecular complexity index is 1100. The van der Waals surface area contributed by atoms with Crippen LogP contribution in [0.5, 0.6) is 0 Å². The predicted octanol–water partition coefficient (Wildman–Crippen LogP) is 6.25. The van der Waals surface area contributed by atoms with Crippen molar-refractivity contribution in [1.82, 2.24) is 9.80 Å². The average Bonchev–Trinajstić information content (AvgIpc) is 3.35. The van der Waals surface area contributed by atoms with Crippen molar-refractivity contribution in [3.8, 4) is 0 Å². The third kappa shape index (κ3) is 5.75. The first-order valence-electron chi connectivity index (χ1n) is 17.3. The quantitative estimate of drug-likeness (QED) is 0.403. The van der Waals surface area contributed by atoms with Gasteiger partial charge in [-0.15, -0.1) is 0 Å². The van der Waals surface area contributed by atoms with Gasteiger partial charge in [0.25, 0.3) is 0 Å². The van der Waals surface area contributed by atoms with Crippen molar-refractivity contribution in [2.24, 2.45) is 46.3 Å². The number of benzene rings is 1. The Morgan fingerprint density at radius 1 is 0.952 bits per heavy atom. The Morgan fingerprint density at radius 2 is 1.67 bits per heavy atom. The number of rotatable bonds is 7. The Morgan fingerprint density at radius 3 is 2.43 bits per heavy atom. The van der Waals surface area contributed by atoms with Gasteiger partial charge in [0, 0.05) is 39.1 Å². The number of nitrogens with zero attached hydrogens (tertiary/aromatic N) is 2. The lowest BCUT2D eigenvalue weighted by Gasteiger charge is -2.62. The smallest absolute Gasteiger partial charge is 0.222 e. The highest BCUT2D eigenvalue weighted by Gasteiger charge is 2.62. The van der Waals surface area contributed by atoms with Crippen LogP contribution in [0.1, 0.15) is 90.5 Å². The minimum atomic E-state index is -0.217. The van der Waals surface area contributed by atoms with Gasteiger partial charge in [-0.2, -0.15) is 0 Å². The number of aliphatic hydroxyl groups excluding tert-OH is 2. The molecule has 4 saturated carbocycles. The maximum absolute atomic E-state index is 13.3. The van der Waals surface area contributed by atoms with Gasteiger partial charge in [-0.25, -0.2) is 0 Å². The molecule has 232 valence electrons. The predicted molar refractivity (Wildman–Crippen MR) is 170 cm³/mol. The molecule has 1 saturated heterocycles. The molecule has 5 aliphatic rings. The first kappa shape index (κ1) is 30.3. The minimum absolute atomic E-state index is 0.175. The molecule has 10 atom stereocenters. The summed E-state index contributed by atoms with van der Waals surface area (Å²) in [7, 11) is 0. The number of hydrogen-bond donors (Lipinski definition) is 2. The zero-order chi connectivity index (χ0) is 29.5. The van der Waals surface area contributed by atoms with E-state index in [1.54, 1.807) is 0 Å². The van der Waals surface area contributed by atoms with Crippen LogP contribution in [0.3, 0.4) is 0 Å². The lowest BCUT2D eigenvalue weighted by Crippen LogP contribution is -2.58. The van der Waals surface area contributed by atoms with Crippen LogP contribution in [0.25, 0.3) is 6.08 Å². The third-order valence-electron chi connectivity index (χ3n) is 13.4. The van der Waals surface area contributed by atoms with E-state index in [0.717, 1.165) is 64.8 Å². The summed E-state index contributed by atoms with van der Waals surface area (Å²) in [6.07, 6.45) is 14.5. The Labute approximate surface area is 254 Å². The van der Waals surface area contributed by atoms with Gasteiger partial charge < -0.3 is 15.1 Å². The second-order valence-electron chi connectivity index (χ2n) is 15.5. The zero-order valence-corrected chi connectivity index (χ0v) is 26.5. The molecule has 1 aliphatic heterocycles. The van der Waals surface area contributed by atoms with Crippen molar-refractivity contribution in [2.45, 2.75) is 97.2 Å². The van der Waals surface area contributed by atoms with E-state index < -0.39 is 0 Å². The number of carbonyl (C=O) groups is 1. The number of carbonyl (C=O) groups excluding carboxylic acids is 1. The molecular formula is C37H56N2O3. The summed E-state index contributed by atoms with van der Waals surface area (Å²) in [5, 5.41) is 21.9. The standard InChI is InChI=1S/C37H56N2O3/c1-26(11-14-34(42)39-22-20-38(21-23-39)19-7-10-27-8-5-4-6-9-27)30-12-13-31-35-32(16-18-37(30,31)3)36(2)17-15-29(40)24-28(36)25-33(35)41/h4-10,26,28-33,35,40-41H,11-25H2,1-3H3/b10-7+/t26-,28+,29-,30-,31+,32+,33-,35+,36+,37-/m1/s1. The van der Waals surface area contributed by atoms with E-state index in [1.807, 2.05) is 6.07 Å². The lowest BCUT2D eigenvalue weighted by atomic mass is 9.43. The van der Waals surface area contributed by atoms with Gasteiger partial charge in [-0.05, 0) is 110 Å². The normalized spacial score (nSPS) is 41.3. The molecule has 4 aliphatic carbocycles. The van der Waals surface area contributed by atoms with E-state index in [0.29, 0.717) is 47.8 Å². The molecule has 2 N–H and O–H groups in total. The number of piperazine rings is 1. The van der Waals surface area contributed by atoms with Crippen LogP contribution in [0.4, 0.5) is 0 Å². The Hall–Kier alpha value is -1.69. The van der Waals surface area contributed by atoms with E-state index in [1.165, 1.54) is 31.2 Å². The monoisotopic (exact) mass is 576 g/mol. The second-order valence-corrected chi connectivity index (χ2v) is 15.5. The average molecular weight is 577 g/mol. The molecule has 42 heavy (non-hydrogen) atoms. The summed E-state index contributed by atoms with van der Waals surface area (Å²) in [5.41, 5.74) is 1.79. The number of amides is 1. The van der Waals surface area contributed by atoms with Crippen LogP contribution in [0, 0.1) is 46.3 Å². The van der Waals surface area contributed by atoms with Crippen molar-refractivity contribution in [3.63, 3.8) is 0 Å². The van der Waals surface area contributed by atoms with Gasteiger partial charge in [0.05, 0.1) is 12.2 Å². The molecule has 0 spiro atoms. The molecule has 6 rings (SSSR count). The molecule has 1 aromatic rings. The summed E-state index contributed by atoms with van der Waals surface area (Å²) in [6.45, 7) is 12.0. The molecule has 5 heteroatoms. The molecule has 5 nitrogen and oxygen atoms in total. The van der Waals surface area contributed by atoms with E-state index in [9.17, 15) is 15.0 Å². The fourth-order valence-corrected chi connectivity index (χ4v) is 11.0. The molecule has 0 bridgehead atoms. The SMILES string of the molecule is C[C@H](CCC(=O)N1CCN(C/C=C/c2ccccc2)CC1)[C@H]1CC[C@H]2[C@@H]3[C@H](O)C[C@@H]4C[C@H](O)CC[C@]4(C)[C@H]3CC[C@]12C. The molecular weight excluding hydrogens is 520 g/mol. The van der Waals surface area contributed by atoms with Gasteiger partial charge in [-0.3, -0.25) is 9.69 Å². The molecule has 0 aromatic heterocycles. The molecule has 1 amide bonds. The fourth-order valence-electron chi connectivity index (χ4n) is 11.0. The van der Waals surface area contributed by atoms with E-state index in [-0.39, 0.29) is 23.0 Å². The lowest BCUT2D eigenvalue weighted by molar-refractivity contribution is -0.174.